The van der Waals surface area contributed by atoms with Crippen LogP contribution in [0.3, 0.4) is 0 Å². The molecule has 192 valence electrons. The molecule has 0 radical (unpaired) electrons. The van der Waals surface area contributed by atoms with Crippen LogP contribution in [-0.4, -0.2) is 40.3 Å². The number of oxazole rings is 1. The molecule has 0 aliphatic rings. The number of hydrogen-bond acceptors (Lipinski definition) is 7. The van der Waals surface area contributed by atoms with Crippen molar-refractivity contribution in [3.63, 3.8) is 0 Å². The van der Waals surface area contributed by atoms with E-state index in [4.69, 9.17) is 20.8 Å². The smallest absolute Gasteiger partial charge is 0.338 e. The highest BCUT2D eigenvalue weighted by Crippen LogP contribution is 2.28. The van der Waals surface area contributed by atoms with Crippen LogP contribution in [0.2, 0.25) is 5.02 Å². The van der Waals surface area contributed by atoms with E-state index in [1.165, 1.54) is 11.0 Å². The standard InChI is InChI=1S/C28H23ClN4O5/c1-4-37-28(36)18-8-10-21-22(13-18)26(17-6-5-7-19(29)12-17)31-33(27(21)35)15-25(34)32(3)20-9-11-23-24(14-20)38-16(2)30-23/h5-14H,4,15H2,1-3H3. The number of fused-ring (bicyclic) bond motifs is 2. The van der Waals surface area contributed by atoms with Crippen molar-refractivity contribution < 1.29 is 18.7 Å². The lowest BCUT2D eigenvalue weighted by atomic mass is 10.0. The van der Waals surface area contributed by atoms with Gasteiger partial charge in [-0.25, -0.2) is 14.5 Å². The predicted molar refractivity (Wildman–Crippen MR) is 145 cm³/mol. The van der Waals surface area contributed by atoms with Gasteiger partial charge in [0.2, 0.25) is 5.91 Å². The number of halogens is 1. The maximum atomic E-state index is 13.4. The number of rotatable bonds is 6. The summed E-state index contributed by atoms with van der Waals surface area (Å²) in [6, 6.07) is 16.9. The molecule has 5 rings (SSSR count). The number of amides is 1. The van der Waals surface area contributed by atoms with Crippen LogP contribution in [0.5, 0.6) is 0 Å². The van der Waals surface area contributed by atoms with Gasteiger partial charge in [0.1, 0.15) is 12.1 Å². The number of ether oxygens (including phenoxy) is 1. The number of likely N-dealkylation sites (N-methyl/N-ethyl adjacent to an activating group) is 1. The van der Waals surface area contributed by atoms with Crippen LogP contribution in [-0.2, 0) is 16.1 Å². The number of aromatic nitrogens is 3. The topological polar surface area (TPSA) is 108 Å². The van der Waals surface area contributed by atoms with Gasteiger partial charge in [0.15, 0.2) is 11.5 Å². The molecule has 9 nitrogen and oxygen atoms in total. The Balaban J connectivity index is 1.57. The van der Waals surface area contributed by atoms with Gasteiger partial charge in [-0.2, -0.15) is 5.10 Å². The summed E-state index contributed by atoms with van der Waals surface area (Å²) in [6.07, 6.45) is 0. The molecule has 0 spiro atoms. The van der Waals surface area contributed by atoms with E-state index in [9.17, 15) is 14.4 Å². The summed E-state index contributed by atoms with van der Waals surface area (Å²) in [4.78, 5) is 44.8. The highest BCUT2D eigenvalue weighted by molar-refractivity contribution is 6.30. The highest BCUT2D eigenvalue weighted by Gasteiger charge is 2.20. The van der Waals surface area contributed by atoms with Crippen molar-refractivity contribution in [1.29, 1.82) is 0 Å². The average Bonchev–Trinajstić information content (AvgIpc) is 3.28. The van der Waals surface area contributed by atoms with E-state index >= 15 is 0 Å². The van der Waals surface area contributed by atoms with Crippen molar-refractivity contribution in [2.45, 2.75) is 20.4 Å². The largest absolute Gasteiger partial charge is 0.462 e. The molecule has 0 atom stereocenters. The first-order valence-electron chi connectivity index (χ1n) is 11.9. The number of hydrogen-bond donors (Lipinski definition) is 0. The predicted octanol–water partition coefficient (Wildman–Crippen LogP) is 5.01. The van der Waals surface area contributed by atoms with E-state index < -0.39 is 11.5 Å². The third-order valence-electron chi connectivity index (χ3n) is 6.09. The molecular formula is C28H23ClN4O5. The van der Waals surface area contributed by atoms with Gasteiger partial charge in [0.05, 0.1) is 23.3 Å². The van der Waals surface area contributed by atoms with Gasteiger partial charge >= 0.3 is 5.97 Å². The number of anilines is 1. The maximum absolute atomic E-state index is 13.4. The molecule has 3 aromatic carbocycles. The van der Waals surface area contributed by atoms with E-state index in [-0.39, 0.29) is 24.6 Å². The van der Waals surface area contributed by atoms with Gasteiger partial charge in [-0.15, -0.1) is 0 Å². The minimum atomic E-state index is -0.508. The monoisotopic (exact) mass is 530 g/mol. The Kier molecular flexibility index (Phi) is 6.69. The van der Waals surface area contributed by atoms with Crippen LogP contribution in [0.1, 0.15) is 23.2 Å². The zero-order valence-electron chi connectivity index (χ0n) is 20.9. The number of benzene rings is 3. The number of carbonyl (C=O) groups is 2. The second kappa shape index (κ2) is 10.1. The van der Waals surface area contributed by atoms with Crippen molar-refractivity contribution in [3.8, 4) is 11.3 Å². The van der Waals surface area contributed by atoms with Crippen LogP contribution in [0, 0.1) is 6.92 Å². The summed E-state index contributed by atoms with van der Waals surface area (Å²) >= 11 is 6.23. The van der Waals surface area contributed by atoms with Gasteiger partial charge in [-0.05, 0) is 49.4 Å². The number of aryl methyl sites for hydroxylation is 1. The molecular weight excluding hydrogens is 508 g/mol. The normalized spacial score (nSPS) is 11.2. The van der Waals surface area contributed by atoms with Crippen molar-refractivity contribution in [2.24, 2.45) is 0 Å². The molecule has 2 aromatic heterocycles. The van der Waals surface area contributed by atoms with Crippen LogP contribution in [0.25, 0.3) is 33.1 Å². The molecule has 10 heteroatoms. The third-order valence-corrected chi connectivity index (χ3v) is 6.33. The first-order chi connectivity index (χ1) is 18.2. The fraction of sp³-hybridized carbons (Fsp3) is 0.179. The second-order valence-electron chi connectivity index (χ2n) is 8.64. The van der Waals surface area contributed by atoms with E-state index in [2.05, 4.69) is 10.1 Å². The summed E-state index contributed by atoms with van der Waals surface area (Å²) < 4.78 is 11.8. The molecule has 0 N–H and O–H groups in total. The summed E-state index contributed by atoms with van der Waals surface area (Å²) in [5.74, 6) is -0.348. The van der Waals surface area contributed by atoms with E-state index in [0.717, 1.165) is 4.68 Å². The Labute approximate surface area is 222 Å². The molecule has 38 heavy (non-hydrogen) atoms. The Morgan fingerprint density at radius 1 is 1.08 bits per heavy atom. The number of esters is 1. The third kappa shape index (κ3) is 4.76. The number of carbonyl (C=O) groups excluding carboxylic acids is 2. The minimum Gasteiger partial charge on any atom is -0.462 e. The number of nitrogens with zero attached hydrogens (tertiary/aromatic N) is 4. The zero-order valence-corrected chi connectivity index (χ0v) is 21.7. The van der Waals surface area contributed by atoms with E-state index in [0.29, 0.717) is 49.7 Å². The lowest BCUT2D eigenvalue weighted by Crippen LogP contribution is -2.35. The second-order valence-corrected chi connectivity index (χ2v) is 9.08. The Hall–Kier alpha value is -4.50. The van der Waals surface area contributed by atoms with Crippen LogP contribution in [0.15, 0.2) is 69.9 Å². The van der Waals surface area contributed by atoms with Crippen LogP contribution >= 0.6 is 11.6 Å². The molecule has 0 aliphatic heterocycles. The molecule has 2 heterocycles. The van der Waals surface area contributed by atoms with Gasteiger partial charge in [0.25, 0.3) is 5.56 Å². The Bertz CT molecular complexity index is 1780. The molecule has 1 amide bonds. The highest BCUT2D eigenvalue weighted by atomic mass is 35.5. The van der Waals surface area contributed by atoms with Crippen molar-refractivity contribution >= 4 is 51.0 Å². The van der Waals surface area contributed by atoms with Crippen molar-refractivity contribution in [3.05, 3.63) is 87.5 Å². The fourth-order valence-electron chi connectivity index (χ4n) is 4.20. The molecule has 0 fully saturated rings. The SMILES string of the molecule is CCOC(=O)c1ccc2c(=O)n(CC(=O)N(C)c3ccc4nc(C)oc4c3)nc(-c3cccc(Cl)c3)c2c1. The zero-order chi connectivity index (χ0) is 27.0. The van der Waals surface area contributed by atoms with Gasteiger partial charge in [-0.3, -0.25) is 9.59 Å². The minimum absolute atomic E-state index is 0.219. The molecule has 5 aromatic rings. The van der Waals surface area contributed by atoms with E-state index in [1.807, 2.05) is 0 Å². The van der Waals surface area contributed by atoms with Crippen molar-refractivity contribution in [2.75, 3.05) is 18.6 Å². The summed E-state index contributed by atoms with van der Waals surface area (Å²) in [5, 5.41) is 5.78. The van der Waals surface area contributed by atoms with E-state index in [1.54, 1.807) is 75.5 Å². The summed E-state index contributed by atoms with van der Waals surface area (Å²) in [6.45, 7) is 3.37. The first kappa shape index (κ1) is 25.2. The van der Waals surface area contributed by atoms with Crippen LogP contribution < -0.4 is 10.5 Å². The van der Waals surface area contributed by atoms with Crippen LogP contribution in [0.4, 0.5) is 5.69 Å². The summed E-state index contributed by atoms with van der Waals surface area (Å²) in [5.41, 5.74) is 2.68. The van der Waals surface area contributed by atoms with Gasteiger partial charge < -0.3 is 14.1 Å². The first-order valence-corrected chi connectivity index (χ1v) is 12.2. The lowest BCUT2D eigenvalue weighted by Gasteiger charge is -2.18. The molecule has 0 aliphatic carbocycles. The Morgan fingerprint density at radius 3 is 2.66 bits per heavy atom. The quantitative estimate of drug-likeness (QED) is 0.284. The molecule has 0 saturated carbocycles. The maximum Gasteiger partial charge on any atom is 0.338 e. The average molecular weight is 531 g/mol. The summed E-state index contributed by atoms with van der Waals surface area (Å²) in [7, 11) is 1.61. The lowest BCUT2D eigenvalue weighted by molar-refractivity contribution is -0.119. The fourth-order valence-corrected chi connectivity index (χ4v) is 4.39. The Morgan fingerprint density at radius 2 is 1.89 bits per heavy atom. The van der Waals surface area contributed by atoms with Gasteiger partial charge in [0, 0.05) is 41.7 Å². The van der Waals surface area contributed by atoms with Gasteiger partial charge in [-0.1, -0.05) is 23.7 Å². The molecule has 0 unspecified atom stereocenters. The molecule has 0 saturated heterocycles. The molecule has 0 bridgehead atoms. The van der Waals surface area contributed by atoms with Crippen molar-refractivity contribution in [1.82, 2.24) is 14.8 Å².